The molecular formula is C18H25ClN4O. The number of aromatic nitrogens is 1. The number of rotatable bonds is 4. The van der Waals surface area contributed by atoms with Crippen molar-refractivity contribution < 1.29 is 4.79 Å². The van der Waals surface area contributed by atoms with E-state index in [9.17, 15) is 4.79 Å². The van der Waals surface area contributed by atoms with Crippen LogP contribution in [0.15, 0.2) is 18.2 Å². The Morgan fingerprint density at radius 2 is 2.25 bits per heavy atom. The van der Waals surface area contributed by atoms with E-state index in [4.69, 9.17) is 11.6 Å². The highest BCUT2D eigenvalue weighted by atomic mass is 35.5. The molecule has 3 rings (SSSR count). The van der Waals surface area contributed by atoms with Gasteiger partial charge in [0.15, 0.2) is 0 Å². The van der Waals surface area contributed by atoms with E-state index in [0.717, 1.165) is 47.6 Å². The fraction of sp³-hybridized carbons (Fsp3) is 0.500. The van der Waals surface area contributed by atoms with Crippen molar-refractivity contribution in [1.29, 1.82) is 0 Å². The van der Waals surface area contributed by atoms with Crippen molar-refractivity contribution in [1.82, 2.24) is 20.1 Å². The molecule has 0 spiro atoms. The summed E-state index contributed by atoms with van der Waals surface area (Å²) in [6.07, 6.45) is 1.84. The summed E-state index contributed by atoms with van der Waals surface area (Å²) in [6.45, 7) is 4.33. The number of hydrogen-bond acceptors (Lipinski definition) is 2. The van der Waals surface area contributed by atoms with Crippen molar-refractivity contribution in [3.05, 3.63) is 34.5 Å². The van der Waals surface area contributed by atoms with Crippen molar-refractivity contribution in [3.63, 3.8) is 0 Å². The number of nitrogens with one attached hydrogen (secondary N) is 2. The first-order chi connectivity index (χ1) is 11.5. The number of halogens is 1. The number of amides is 2. The second-order valence-electron chi connectivity index (χ2n) is 6.75. The zero-order chi connectivity index (χ0) is 17.3. The summed E-state index contributed by atoms with van der Waals surface area (Å²) in [5.74, 6) is 0. The van der Waals surface area contributed by atoms with Gasteiger partial charge in [0.2, 0.25) is 0 Å². The van der Waals surface area contributed by atoms with Crippen molar-refractivity contribution >= 4 is 28.5 Å². The first-order valence-electron chi connectivity index (χ1n) is 8.41. The van der Waals surface area contributed by atoms with Gasteiger partial charge in [-0.15, -0.1) is 0 Å². The molecule has 0 unspecified atom stereocenters. The maximum Gasteiger partial charge on any atom is 0.317 e. The van der Waals surface area contributed by atoms with E-state index in [1.165, 1.54) is 5.56 Å². The minimum absolute atomic E-state index is 0.0369. The van der Waals surface area contributed by atoms with Gasteiger partial charge in [0.25, 0.3) is 0 Å². The summed E-state index contributed by atoms with van der Waals surface area (Å²) in [5.41, 5.74) is 3.45. The van der Waals surface area contributed by atoms with Crippen LogP contribution in [0.3, 0.4) is 0 Å². The molecule has 130 valence electrons. The number of fused-ring (bicyclic) bond motifs is 1. The van der Waals surface area contributed by atoms with E-state index in [1.54, 1.807) is 0 Å². The third kappa shape index (κ3) is 3.52. The van der Waals surface area contributed by atoms with Gasteiger partial charge in [-0.05, 0) is 57.6 Å². The SMILES string of the molecule is Cc1[nH]c2ccc(Cl)cc2c1CCNC(=O)N1CC[C@@H](N(C)C)C1. The number of carbonyl (C=O) groups is 1. The monoisotopic (exact) mass is 348 g/mol. The molecule has 1 aromatic heterocycles. The smallest absolute Gasteiger partial charge is 0.317 e. The van der Waals surface area contributed by atoms with Crippen LogP contribution < -0.4 is 5.32 Å². The Balaban J connectivity index is 1.58. The largest absolute Gasteiger partial charge is 0.358 e. The molecule has 24 heavy (non-hydrogen) atoms. The second kappa shape index (κ2) is 7.03. The van der Waals surface area contributed by atoms with Gasteiger partial charge >= 0.3 is 6.03 Å². The van der Waals surface area contributed by atoms with Gasteiger partial charge in [0.1, 0.15) is 0 Å². The average molecular weight is 349 g/mol. The van der Waals surface area contributed by atoms with Gasteiger partial charge in [-0.3, -0.25) is 0 Å². The molecule has 0 saturated carbocycles. The first kappa shape index (κ1) is 17.1. The summed E-state index contributed by atoms with van der Waals surface area (Å²) >= 11 is 6.12. The molecule has 2 amide bonds. The molecule has 2 aromatic rings. The number of aryl methyl sites for hydroxylation is 1. The van der Waals surface area contributed by atoms with Gasteiger partial charge in [0.05, 0.1) is 0 Å². The Kier molecular flexibility index (Phi) is 5.01. The zero-order valence-electron chi connectivity index (χ0n) is 14.5. The number of nitrogens with zero attached hydrogens (tertiary/aromatic N) is 2. The number of carbonyl (C=O) groups excluding carboxylic acids is 1. The Hall–Kier alpha value is -1.72. The molecule has 2 N–H and O–H groups in total. The van der Waals surface area contributed by atoms with Crippen LogP contribution in [0.25, 0.3) is 10.9 Å². The molecule has 0 bridgehead atoms. The van der Waals surface area contributed by atoms with E-state index >= 15 is 0 Å². The fourth-order valence-electron chi connectivity index (χ4n) is 3.43. The molecule has 1 aliphatic heterocycles. The second-order valence-corrected chi connectivity index (χ2v) is 7.19. The Morgan fingerprint density at radius 1 is 1.46 bits per heavy atom. The molecule has 1 fully saturated rings. The van der Waals surface area contributed by atoms with Gasteiger partial charge in [-0.1, -0.05) is 11.6 Å². The lowest BCUT2D eigenvalue weighted by atomic mass is 10.1. The first-order valence-corrected chi connectivity index (χ1v) is 8.79. The quantitative estimate of drug-likeness (QED) is 0.892. The summed E-state index contributed by atoms with van der Waals surface area (Å²) in [5, 5.41) is 4.93. The molecule has 0 radical (unpaired) electrons. The number of H-pyrrole nitrogens is 1. The lowest BCUT2D eigenvalue weighted by Crippen LogP contribution is -2.41. The lowest BCUT2D eigenvalue weighted by Gasteiger charge is -2.20. The molecule has 1 atom stereocenters. The lowest BCUT2D eigenvalue weighted by molar-refractivity contribution is 0.203. The number of aromatic amines is 1. The molecule has 5 nitrogen and oxygen atoms in total. The summed E-state index contributed by atoms with van der Waals surface area (Å²) in [7, 11) is 4.13. The van der Waals surface area contributed by atoms with Gasteiger partial charge < -0.3 is 20.1 Å². The average Bonchev–Trinajstić information content (AvgIpc) is 3.13. The number of urea groups is 1. The topological polar surface area (TPSA) is 51.4 Å². The minimum Gasteiger partial charge on any atom is -0.358 e. The predicted octanol–water partition coefficient (Wildman–Crippen LogP) is 3.02. The molecule has 1 aliphatic rings. The fourth-order valence-corrected chi connectivity index (χ4v) is 3.60. The highest BCUT2D eigenvalue weighted by molar-refractivity contribution is 6.31. The summed E-state index contributed by atoms with van der Waals surface area (Å²) in [4.78, 5) is 19.8. The van der Waals surface area contributed by atoms with Crippen molar-refractivity contribution in [2.45, 2.75) is 25.8 Å². The van der Waals surface area contributed by atoms with Crippen molar-refractivity contribution in [2.75, 3.05) is 33.7 Å². The zero-order valence-corrected chi connectivity index (χ0v) is 15.3. The van der Waals surface area contributed by atoms with Gasteiger partial charge in [0, 0.05) is 47.3 Å². The summed E-state index contributed by atoms with van der Waals surface area (Å²) < 4.78 is 0. The number of likely N-dealkylation sites (tertiary alicyclic amines) is 1. The normalized spacial score (nSPS) is 17.9. The number of likely N-dealkylation sites (N-methyl/N-ethyl adjacent to an activating group) is 1. The molecule has 1 saturated heterocycles. The number of hydrogen-bond donors (Lipinski definition) is 2. The highest BCUT2D eigenvalue weighted by Crippen LogP contribution is 2.25. The van der Waals surface area contributed by atoms with Crippen LogP contribution in [0.4, 0.5) is 4.79 Å². The third-order valence-corrected chi connectivity index (χ3v) is 5.15. The van der Waals surface area contributed by atoms with E-state index < -0.39 is 0 Å². The number of benzene rings is 1. The van der Waals surface area contributed by atoms with Crippen LogP contribution in [0.1, 0.15) is 17.7 Å². The van der Waals surface area contributed by atoms with Crippen molar-refractivity contribution in [3.8, 4) is 0 Å². The molecular weight excluding hydrogens is 324 g/mol. The van der Waals surface area contributed by atoms with Crippen LogP contribution >= 0.6 is 11.6 Å². The predicted molar refractivity (Wildman–Crippen MR) is 98.8 cm³/mol. The van der Waals surface area contributed by atoms with Crippen LogP contribution in [-0.4, -0.2) is 60.6 Å². The van der Waals surface area contributed by atoms with Gasteiger partial charge in [-0.25, -0.2) is 4.79 Å². The summed E-state index contributed by atoms with van der Waals surface area (Å²) in [6, 6.07) is 6.38. The molecule has 1 aromatic carbocycles. The van der Waals surface area contributed by atoms with Gasteiger partial charge in [-0.2, -0.15) is 0 Å². The maximum absolute atomic E-state index is 12.3. The highest BCUT2D eigenvalue weighted by Gasteiger charge is 2.27. The third-order valence-electron chi connectivity index (χ3n) is 4.91. The van der Waals surface area contributed by atoms with Crippen LogP contribution in [0.2, 0.25) is 5.02 Å². The Bertz CT molecular complexity index is 740. The van der Waals surface area contributed by atoms with E-state index in [2.05, 4.69) is 36.2 Å². The Labute approximate surface area is 148 Å². The maximum atomic E-state index is 12.3. The van der Waals surface area contributed by atoms with E-state index in [1.807, 2.05) is 23.1 Å². The van der Waals surface area contributed by atoms with Crippen molar-refractivity contribution in [2.24, 2.45) is 0 Å². The van der Waals surface area contributed by atoms with Crippen LogP contribution in [-0.2, 0) is 6.42 Å². The van der Waals surface area contributed by atoms with Crippen LogP contribution in [0, 0.1) is 6.92 Å². The van der Waals surface area contributed by atoms with E-state index in [0.29, 0.717) is 12.6 Å². The standard InChI is InChI=1S/C18H25ClN4O/c1-12-15(16-10-13(19)4-5-17(16)21-12)6-8-20-18(24)23-9-7-14(11-23)22(2)3/h4-5,10,14,21H,6-9,11H2,1-3H3,(H,20,24)/t14-/m1/s1. The minimum atomic E-state index is 0.0369. The molecule has 6 heteroatoms. The van der Waals surface area contributed by atoms with Crippen LogP contribution in [0.5, 0.6) is 0 Å². The van der Waals surface area contributed by atoms with E-state index in [-0.39, 0.29) is 6.03 Å². The molecule has 0 aliphatic carbocycles. The Morgan fingerprint density at radius 3 is 2.96 bits per heavy atom. The molecule has 2 heterocycles.